The van der Waals surface area contributed by atoms with Gasteiger partial charge in [0.05, 0.1) is 34.5 Å². The summed E-state index contributed by atoms with van der Waals surface area (Å²) in [5, 5.41) is 21.7. The van der Waals surface area contributed by atoms with Crippen molar-refractivity contribution in [2.45, 2.75) is 12.1 Å². The van der Waals surface area contributed by atoms with Gasteiger partial charge in [-0.2, -0.15) is 5.26 Å². The highest BCUT2D eigenvalue weighted by Crippen LogP contribution is 2.37. The van der Waals surface area contributed by atoms with E-state index < -0.39 is 6.10 Å². The van der Waals surface area contributed by atoms with E-state index in [1.165, 1.54) is 0 Å². The van der Waals surface area contributed by atoms with Crippen LogP contribution in [0.4, 0.5) is 5.69 Å². The zero-order chi connectivity index (χ0) is 22.7. The van der Waals surface area contributed by atoms with Gasteiger partial charge in [0, 0.05) is 36.2 Å². The van der Waals surface area contributed by atoms with Crippen LogP contribution in [-0.2, 0) is 0 Å². The molecule has 1 aliphatic rings. The fourth-order valence-corrected chi connectivity index (χ4v) is 4.75. The van der Waals surface area contributed by atoms with Crippen molar-refractivity contribution in [2.75, 3.05) is 31.1 Å². The molecule has 0 amide bonds. The maximum absolute atomic E-state index is 10.8. The van der Waals surface area contributed by atoms with Crippen LogP contribution in [0.3, 0.4) is 0 Å². The first-order valence-electron chi connectivity index (χ1n) is 10.3. The molecule has 1 aliphatic heterocycles. The molecule has 164 valence electrons. The van der Waals surface area contributed by atoms with E-state index in [4.69, 9.17) is 40.1 Å². The van der Waals surface area contributed by atoms with Crippen LogP contribution in [-0.4, -0.2) is 36.2 Å². The molecule has 32 heavy (non-hydrogen) atoms. The average Bonchev–Trinajstić information content (AvgIpc) is 2.80. The van der Waals surface area contributed by atoms with Crippen molar-refractivity contribution in [3.05, 3.63) is 98.5 Å². The molecule has 2 atom stereocenters. The Morgan fingerprint density at radius 1 is 0.938 bits per heavy atom. The third-order valence-electron chi connectivity index (χ3n) is 5.79. The number of nitrogens with zero attached hydrogens (tertiary/aromatic N) is 3. The van der Waals surface area contributed by atoms with E-state index in [2.05, 4.69) is 15.9 Å². The lowest BCUT2D eigenvalue weighted by atomic mass is 10.00. The summed E-state index contributed by atoms with van der Waals surface area (Å²) in [6.45, 7) is 2.73. The highest BCUT2D eigenvalue weighted by molar-refractivity contribution is 6.36. The third-order valence-corrected chi connectivity index (χ3v) is 6.58. The minimum Gasteiger partial charge on any atom is -0.387 e. The van der Waals surface area contributed by atoms with E-state index in [0.29, 0.717) is 33.7 Å². The summed E-state index contributed by atoms with van der Waals surface area (Å²) < 4.78 is 0. The fraction of sp³-hybridized carbons (Fsp3) is 0.240. The molecule has 1 heterocycles. The molecular formula is C25H22Cl3N3O. The smallest absolute Gasteiger partial charge is 0.0991 e. The molecule has 2 unspecified atom stereocenters. The second-order valence-electron chi connectivity index (χ2n) is 7.87. The van der Waals surface area contributed by atoms with Crippen LogP contribution < -0.4 is 4.90 Å². The van der Waals surface area contributed by atoms with Gasteiger partial charge in [-0.1, -0.05) is 59.1 Å². The molecule has 4 nitrogen and oxygen atoms in total. The Morgan fingerprint density at radius 2 is 1.62 bits per heavy atom. The van der Waals surface area contributed by atoms with Crippen molar-refractivity contribution in [1.82, 2.24) is 4.90 Å². The summed E-state index contributed by atoms with van der Waals surface area (Å²) in [5.41, 5.74) is 3.44. The molecule has 4 rings (SSSR count). The van der Waals surface area contributed by atoms with Gasteiger partial charge in [-0.15, -0.1) is 0 Å². The summed E-state index contributed by atoms with van der Waals surface area (Å²) in [4.78, 5) is 4.54. The molecule has 0 saturated carbocycles. The van der Waals surface area contributed by atoms with Crippen molar-refractivity contribution in [1.29, 1.82) is 5.26 Å². The molecule has 3 aromatic rings. The molecule has 7 heteroatoms. The number of hydrogen-bond donors (Lipinski definition) is 1. The summed E-state index contributed by atoms with van der Waals surface area (Å²) in [5.74, 6) is 0. The Morgan fingerprint density at radius 3 is 2.28 bits per heavy atom. The Bertz CT molecular complexity index is 1110. The summed E-state index contributed by atoms with van der Waals surface area (Å²) in [7, 11) is 0. The Labute approximate surface area is 203 Å². The lowest BCUT2D eigenvalue weighted by Crippen LogP contribution is -2.49. The second-order valence-corrected chi connectivity index (χ2v) is 9.15. The van der Waals surface area contributed by atoms with Crippen molar-refractivity contribution < 1.29 is 5.11 Å². The Hall–Kier alpha value is -2.26. The van der Waals surface area contributed by atoms with Crippen LogP contribution in [0.15, 0.2) is 66.7 Å². The van der Waals surface area contributed by atoms with Crippen LogP contribution in [0.25, 0.3) is 0 Å². The normalized spacial score (nSPS) is 17.7. The van der Waals surface area contributed by atoms with Crippen molar-refractivity contribution in [3.8, 4) is 6.07 Å². The summed E-state index contributed by atoms with van der Waals surface area (Å²) >= 11 is 18.8. The van der Waals surface area contributed by atoms with E-state index >= 15 is 0 Å². The molecule has 0 radical (unpaired) electrons. The Kier molecular flexibility index (Phi) is 7.25. The molecular weight excluding hydrogens is 465 g/mol. The predicted octanol–water partition coefficient (Wildman–Crippen LogP) is 6.12. The van der Waals surface area contributed by atoms with Crippen LogP contribution in [0, 0.1) is 11.3 Å². The molecule has 1 saturated heterocycles. The first-order valence-corrected chi connectivity index (χ1v) is 11.5. The number of hydrogen-bond acceptors (Lipinski definition) is 4. The summed E-state index contributed by atoms with van der Waals surface area (Å²) in [6, 6.07) is 22.6. The maximum atomic E-state index is 10.8. The number of aliphatic hydroxyl groups is 1. The van der Waals surface area contributed by atoms with Gasteiger partial charge in [0.2, 0.25) is 0 Å². The maximum Gasteiger partial charge on any atom is 0.0991 e. The number of halogens is 3. The number of anilines is 1. The zero-order valence-corrected chi connectivity index (χ0v) is 19.5. The highest BCUT2D eigenvalue weighted by atomic mass is 35.5. The SMILES string of the molecule is N#Cc1ccc(C(O)CN2CCN(c3ccc(Cl)cc3Cl)C(c3ccc(Cl)cc3)C2)cc1. The van der Waals surface area contributed by atoms with E-state index in [1.807, 2.05) is 48.5 Å². The molecule has 0 aliphatic carbocycles. The van der Waals surface area contributed by atoms with Crippen LogP contribution in [0.5, 0.6) is 0 Å². The number of benzene rings is 3. The molecule has 1 N–H and O–H groups in total. The van der Waals surface area contributed by atoms with Gasteiger partial charge in [0.15, 0.2) is 0 Å². The lowest BCUT2D eigenvalue weighted by Gasteiger charge is -2.44. The standard InChI is InChI=1S/C25H22Cl3N3O/c26-20-7-5-18(6-8-20)24-15-30(16-25(32)19-3-1-17(14-29)2-4-19)11-12-31(24)23-10-9-21(27)13-22(23)28/h1-10,13,24-25,32H,11-12,15-16H2. The molecule has 0 aromatic heterocycles. The van der Waals surface area contributed by atoms with Crippen LogP contribution in [0.1, 0.15) is 28.8 Å². The average molecular weight is 487 g/mol. The second kappa shape index (κ2) is 10.1. The topological polar surface area (TPSA) is 50.5 Å². The number of piperazine rings is 1. The predicted molar refractivity (Wildman–Crippen MR) is 131 cm³/mol. The quantitative estimate of drug-likeness (QED) is 0.472. The van der Waals surface area contributed by atoms with Gasteiger partial charge >= 0.3 is 0 Å². The van der Waals surface area contributed by atoms with Gasteiger partial charge in [0.1, 0.15) is 0 Å². The number of β-amino-alcohol motifs (C(OH)–C–C–N with tert-alkyl or cyclic N) is 1. The van der Waals surface area contributed by atoms with Crippen molar-refractivity contribution >= 4 is 40.5 Å². The van der Waals surface area contributed by atoms with Gasteiger partial charge < -0.3 is 10.0 Å². The largest absolute Gasteiger partial charge is 0.387 e. The molecule has 0 spiro atoms. The first-order chi connectivity index (χ1) is 15.4. The van der Waals surface area contributed by atoms with Gasteiger partial charge in [-0.3, -0.25) is 4.90 Å². The molecule has 1 fully saturated rings. The van der Waals surface area contributed by atoms with Gasteiger partial charge in [-0.25, -0.2) is 0 Å². The number of aliphatic hydroxyl groups excluding tert-OH is 1. The molecule has 3 aromatic carbocycles. The third kappa shape index (κ3) is 5.20. The minimum atomic E-state index is -0.640. The minimum absolute atomic E-state index is 0.0351. The number of nitriles is 1. The van der Waals surface area contributed by atoms with E-state index in [1.54, 1.807) is 18.2 Å². The lowest BCUT2D eigenvalue weighted by molar-refractivity contribution is 0.100. The van der Waals surface area contributed by atoms with E-state index in [9.17, 15) is 5.11 Å². The van der Waals surface area contributed by atoms with E-state index in [-0.39, 0.29) is 6.04 Å². The van der Waals surface area contributed by atoms with Crippen molar-refractivity contribution in [2.24, 2.45) is 0 Å². The monoisotopic (exact) mass is 485 g/mol. The van der Waals surface area contributed by atoms with Gasteiger partial charge in [0.25, 0.3) is 0 Å². The van der Waals surface area contributed by atoms with Gasteiger partial charge in [-0.05, 0) is 53.6 Å². The zero-order valence-electron chi connectivity index (χ0n) is 17.3. The first kappa shape index (κ1) is 22.9. The number of rotatable bonds is 5. The fourth-order valence-electron chi connectivity index (χ4n) is 4.11. The van der Waals surface area contributed by atoms with Crippen LogP contribution in [0.2, 0.25) is 15.1 Å². The van der Waals surface area contributed by atoms with Crippen molar-refractivity contribution in [3.63, 3.8) is 0 Å². The Balaban J connectivity index is 1.56. The highest BCUT2D eigenvalue weighted by Gasteiger charge is 2.30. The van der Waals surface area contributed by atoms with E-state index in [0.717, 1.165) is 29.9 Å². The summed E-state index contributed by atoms with van der Waals surface area (Å²) in [6.07, 6.45) is -0.640. The van der Waals surface area contributed by atoms with Crippen LogP contribution >= 0.6 is 34.8 Å². The molecule has 0 bridgehead atoms.